The van der Waals surface area contributed by atoms with Gasteiger partial charge in [0, 0.05) is 24.7 Å². The van der Waals surface area contributed by atoms with Crippen molar-refractivity contribution < 1.29 is 0 Å². The maximum atomic E-state index is 3.91. The van der Waals surface area contributed by atoms with E-state index in [9.17, 15) is 0 Å². The Kier molecular flexibility index (Phi) is 6.31. The van der Waals surface area contributed by atoms with E-state index in [0.717, 1.165) is 24.5 Å². The molecular weight excluding hydrogens is 246 g/mol. The Labute approximate surface area is 125 Å². The fourth-order valence-electron chi connectivity index (χ4n) is 4.25. The molecule has 0 spiro atoms. The van der Waals surface area contributed by atoms with Crippen molar-refractivity contribution in [2.45, 2.75) is 70.5 Å². The van der Waals surface area contributed by atoms with Crippen LogP contribution in [0, 0.1) is 11.8 Å². The molecule has 2 aliphatic rings. The van der Waals surface area contributed by atoms with Gasteiger partial charge in [-0.15, -0.1) is 0 Å². The molecule has 0 radical (unpaired) electrons. The molecule has 1 saturated heterocycles. The predicted molar refractivity (Wildman–Crippen MR) is 87.1 cm³/mol. The van der Waals surface area contributed by atoms with Gasteiger partial charge in [0.1, 0.15) is 0 Å². The summed E-state index contributed by atoms with van der Waals surface area (Å²) in [5.74, 6) is 1.58. The highest BCUT2D eigenvalue weighted by molar-refractivity contribution is 4.93. The molecule has 0 amide bonds. The molecule has 2 fully saturated rings. The second-order valence-corrected chi connectivity index (χ2v) is 7.44. The van der Waals surface area contributed by atoms with Gasteiger partial charge in [0.15, 0.2) is 0 Å². The molecule has 0 bridgehead atoms. The van der Waals surface area contributed by atoms with Gasteiger partial charge in [0.2, 0.25) is 0 Å². The molecule has 2 rings (SSSR count). The van der Waals surface area contributed by atoms with Gasteiger partial charge in [-0.3, -0.25) is 0 Å². The molecule has 20 heavy (non-hydrogen) atoms. The molecule has 4 atom stereocenters. The Bertz CT molecular complexity index is 263. The van der Waals surface area contributed by atoms with Gasteiger partial charge in [-0.25, -0.2) is 0 Å². The number of hydrogen-bond donors (Lipinski definition) is 2. The Morgan fingerprint density at radius 1 is 1.10 bits per heavy atom. The van der Waals surface area contributed by atoms with Gasteiger partial charge in [-0.2, -0.15) is 0 Å². The second-order valence-electron chi connectivity index (χ2n) is 7.44. The van der Waals surface area contributed by atoms with Gasteiger partial charge in [0.05, 0.1) is 0 Å². The number of piperidine rings is 1. The van der Waals surface area contributed by atoms with Crippen LogP contribution in [-0.4, -0.2) is 50.2 Å². The number of likely N-dealkylation sites (N-methyl/N-ethyl adjacent to an activating group) is 1. The molecule has 0 aromatic rings. The zero-order chi connectivity index (χ0) is 14.5. The highest BCUT2D eigenvalue weighted by Crippen LogP contribution is 2.31. The largest absolute Gasteiger partial charge is 0.314 e. The topological polar surface area (TPSA) is 27.3 Å². The van der Waals surface area contributed by atoms with Crippen LogP contribution in [0.15, 0.2) is 0 Å². The minimum absolute atomic E-state index is 0.649. The molecule has 1 saturated carbocycles. The fourth-order valence-corrected chi connectivity index (χ4v) is 4.25. The highest BCUT2D eigenvalue weighted by Gasteiger charge is 2.34. The number of nitrogens with zero attached hydrogens (tertiary/aromatic N) is 1. The molecule has 1 aliphatic carbocycles. The Balaban J connectivity index is 1.84. The summed E-state index contributed by atoms with van der Waals surface area (Å²) in [4.78, 5) is 2.38. The first-order valence-corrected chi connectivity index (χ1v) is 8.72. The third-order valence-electron chi connectivity index (χ3n) is 5.46. The zero-order valence-corrected chi connectivity index (χ0v) is 14.0. The molecule has 118 valence electrons. The first kappa shape index (κ1) is 16.3. The van der Waals surface area contributed by atoms with Crippen LogP contribution in [0.25, 0.3) is 0 Å². The van der Waals surface area contributed by atoms with E-state index in [1.165, 1.54) is 45.1 Å². The zero-order valence-electron chi connectivity index (χ0n) is 14.0. The first-order valence-electron chi connectivity index (χ1n) is 8.72. The predicted octanol–water partition coefficient (Wildman–Crippen LogP) is 2.47. The van der Waals surface area contributed by atoms with Gasteiger partial charge < -0.3 is 15.5 Å². The molecule has 3 nitrogen and oxygen atoms in total. The fraction of sp³-hybridized carbons (Fsp3) is 1.00. The average Bonchev–Trinajstić information content (AvgIpc) is 2.87. The van der Waals surface area contributed by atoms with E-state index in [0.29, 0.717) is 12.0 Å². The lowest BCUT2D eigenvalue weighted by molar-refractivity contribution is 0.200. The van der Waals surface area contributed by atoms with Crippen molar-refractivity contribution in [3.05, 3.63) is 0 Å². The Morgan fingerprint density at radius 2 is 1.90 bits per heavy atom. The van der Waals surface area contributed by atoms with Crippen LogP contribution in [0.1, 0.15) is 52.4 Å². The lowest BCUT2D eigenvalue weighted by atomic mass is 9.88. The molecule has 1 aliphatic heterocycles. The van der Waals surface area contributed by atoms with Crippen LogP contribution in [-0.2, 0) is 0 Å². The normalized spacial score (nSPS) is 33.0. The Morgan fingerprint density at radius 3 is 2.50 bits per heavy atom. The van der Waals surface area contributed by atoms with E-state index >= 15 is 0 Å². The van der Waals surface area contributed by atoms with E-state index in [2.05, 4.69) is 43.5 Å². The van der Waals surface area contributed by atoms with Crippen LogP contribution in [0.2, 0.25) is 0 Å². The van der Waals surface area contributed by atoms with Crippen LogP contribution in [0.4, 0.5) is 0 Å². The van der Waals surface area contributed by atoms with E-state index in [1.807, 2.05) is 0 Å². The molecule has 4 unspecified atom stereocenters. The molecule has 2 N–H and O–H groups in total. The van der Waals surface area contributed by atoms with Crippen molar-refractivity contribution in [3.8, 4) is 0 Å². The van der Waals surface area contributed by atoms with E-state index in [1.54, 1.807) is 0 Å². The monoisotopic (exact) mass is 281 g/mol. The van der Waals surface area contributed by atoms with Crippen LogP contribution < -0.4 is 10.6 Å². The van der Waals surface area contributed by atoms with Gasteiger partial charge in [-0.1, -0.05) is 26.7 Å². The van der Waals surface area contributed by atoms with Gasteiger partial charge in [-0.05, 0) is 58.2 Å². The minimum Gasteiger partial charge on any atom is -0.314 e. The van der Waals surface area contributed by atoms with E-state index in [4.69, 9.17) is 0 Å². The van der Waals surface area contributed by atoms with Crippen molar-refractivity contribution in [3.63, 3.8) is 0 Å². The van der Waals surface area contributed by atoms with Crippen molar-refractivity contribution in [2.75, 3.05) is 27.2 Å². The summed E-state index contributed by atoms with van der Waals surface area (Å²) in [6.07, 6.45) is 8.40. The lowest BCUT2D eigenvalue weighted by Gasteiger charge is -2.35. The van der Waals surface area contributed by atoms with Crippen molar-refractivity contribution in [1.29, 1.82) is 0 Å². The SMILES string of the molecule is CC(C)C(CNC1CCCC1C1CCCCN1)N(C)C. The summed E-state index contributed by atoms with van der Waals surface area (Å²) < 4.78 is 0. The van der Waals surface area contributed by atoms with Crippen LogP contribution >= 0.6 is 0 Å². The standard InChI is InChI=1S/C17H35N3/c1-13(2)17(20(3)4)12-19-16-10-7-8-14(16)15-9-5-6-11-18-15/h13-19H,5-12H2,1-4H3. The smallest absolute Gasteiger partial charge is 0.0237 e. The third kappa shape index (κ3) is 4.19. The van der Waals surface area contributed by atoms with Gasteiger partial charge in [0.25, 0.3) is 0 Å². The van der Waals surface area contributed by atoms with E-state index in [-0.39, 0.29) is 0 Å². The Hall–Kier alpha value is -0.120. The number of rotatable bonds is 6. The summed E-state index contributed by atoms with van der Waals surface area (Å²) >= 11 is 0. The van der Waals surface area contributed by atoms with Crippen LogP contribution in [0.3, 0.4) is 0 Å². The van der Waals surface area contributed by atoms with Crippen molar-refractivity contribution in [1.82, 2.24) is 15.5 Å². The van der Waals surface area contributed by atoms with Crippen molar-refractivity contribution >= 4 is 0 Å². The average molecular weight is 281 g/mol. The van der Waals surface area contributed by atoms with E-state index < -0.39 is 0 Å². The summed E-state index contributed by atoms with van der Waals surface area (Å²) in [6, 6.07) is 2.17. The first-order chi connectivity index (χ1) is 9.59. The third-order valence-corrected chi connectivity index (χ3v) is 5.46. The summed E-state index contributed by atoms with van der Waals surface area (Å²) in [5.41, 5.74) is 0. The summed E-state index contributed by atoms with van der Waals surface area (Å²) in [6.45, 7) is 7.04. The summed E-state index contributed by atoms with van der Waals surface area (Å²) in [5, 5.41) is 7.68. The molecule has 0 aromatic heterocycles. The quantitative estimate of drug-likeness (QED) is 0.783. The summed E-state index contributed by atoms with van der Waals surface area (Å²) in [7, 11) is 4.42. The number of hydrogen-bond acceptors (Lipinski definition) is 3. The lowest BCUT2D eigenvalue weighted by Crippen LogP contribution is -2.50. The van der Waals surface area contributed by atoms with Gasteiger partial charge >= 0.3 is 0 Å². The maximum Gasteiger partial charge on any atom is 0.0237 e. The van der Waals surface area contributed by atoms with Crippen LogP contribution in [0.5, 0.6) is 0 Å². The molecule has 3 heteroatoms. The highest BCUT2D eigenvalue weighted by atomic mass is 15.1. The maximum absolute atomic E-state index is 3.91. The molecule has 1 heterocycles. The minimum atomic E-state index is 0.649. The molecular formula is C17H35N3. The van der Waals surface area contributed by atoms with Crippen molar-refractivity contribution in [2.24, 2.45) is 11.8 Å². The second kappa shape index (κ2) is 7.77. The number of nitrogens with one attached hydrogen (secondary N) is 2. The molecule has 0 aromatic carbocycles.